The monoisotopic (exact) mass is 392 g/mol. The van der Waals surface area contributed by atoms with E-state index < -0.39 is 10.0 Å². The predicted octanol–water partition coefficient (Wildman–Crippen LogP) is 4.77. The number of thioether (sulfide) groups is 1. The Morgan fingerprint density at radius 2 is 1.81 bits per heavy atom. The number of anilines is 1. The van der Waals surface area contributed by atoms with Crippen LogP contribution in [0.1, 0.15) is 31.7 Å². The van der Waals surface area contributed by atoms with Gasteiger partial charge in [-0.25, -0.2) is 8.42 Å². The highest BCUT2D eigenvalue weighted by Crippen LogP contribution is 2.26. The molecule has 0 aliphatic heterocycles. The van der Waals surface area contributed by atoms with Crippen molar-refractivity contribution in [1.29, 1.82) is 0 Å². The van der Waals surface area contributed by atoms with Gasteiger partial charge in [0.05, 0.1) is 4.90 Å². The van der Waals surface area contributed by atoms with E-state index in [-0.39, 0.29) is 10.1 Å². The van der Waals surface area contributed by atoms with E-state index >= 15 is 0 Å². The first-order chi connectivity index (χ1) is 12.2. The third-order valence-corrected chi connectivity index (χ3v) is 6.45. The van der Waals surface area contributed by atoms with Gasteiger partial charge < -0.3 is 4.90 Å². The summed E-state index contributed by atoms with van der Waals surface area (Å²) in [5.41, 5.74) is 1.54. The van der Waals surface area contributed by atoms with Gasteiger partial charge in [-0.2, -0.15) is 0 Å². The van der Waals surface area contributed by atoms with Gasteiger partial charge in [-0.05, 0) is 60.0 Å². The fourth-order valence-electron chi connectivity index (χ4n) is 2.24. The smallest absolute Gasteiger partial charge is 0.285 e. The topological polar surface area (TPSA) is 66.5 Å². The van der Waals surface area contributed by atoms with Gasteiger partial charge in [0.15, 0.2) is 0 Å². The summed E-state index contributed by atoms with van der Waals surface area (Å²) in [6, 6.07) is 13.7. The van der Waals surface area contributed by atoms with E-state index in [9.17, 15) is 13.2 Å². The first-order valence-electron chi connectivity index (χ1n) is 8.35. The highest BCUT2D eigenvalue weighted by atomic mass is 32.2. The highest BCUT2D eigenvalue weighted by molar-refractivity contribution is 8.13. The van der Waals surface area contributed by atoms with Crippen LogP contribution in [-0.4, -0.2) is 32.7 Å². The summed E-state index contributed by atoms with van der Waals surface area (Å²) in [7, 11) is -0.336. The van der Waals surface area contributed by atoms with Crippen molar-refractivity contribution >= 4 is 32.7 Å². The van der Waals surface area contributed by atoms with Crippen LogP contribution in [0.5, 0.6) is 0 Å². The normalized spacial score (nSPS) is 12.5. The lowest BCUT2D eigenvalue weighted by Crippen LogP contribution is -2.16. The zero-order valence-corrected chi connectivity index (χ0v) is 17.0. The van der Waals surface area contributed by atoms with Crippen LogP contribution in [0, 0.1) is 0 Å². The van der Waals surface area contributed by atoms with E-state index in [0.717, 1.165) is 23.7 Å². The largest absolute Gasteiger partial charge is 0.339 e. The summed E-state index contributed by atoms with van der Waals surface area (Å²) in [5.74, 6) is 0.391. The number of nitrogens with one attached hydrogen (secondary N) is 1. The maximum Gasteiger partial charge on any atom is 0.285 e. The SMILES string of the molecule is CCC(C)c1ccc(S(=O)(=O)Nc2cccc(SC(=O)N(C)C)c2)cc1. The molecule has 0 saturated heterocycles. The van der Waals surface area contributed by atoms with Crippen LogP contribution in [0.2, 0.25) is 0 Å². The lowest BCUT2D eigenvalue weighted by Gasteiger charge is -2.12. The van der Waals surface area contributed by atoms with Crippen molar-refractivity contribution in [3.05, 3.63) is 54.1 Å². The summed E-state index contributed by atoms with van der Waals surface area (Å²) in [5, 5.41) is -0.120. The first-order valence-corrected chi connectivity index (χ1v) is 10.6. The minimum Gasteiger partial charge on any atom is -0.339 e. The van der Waals surface area contributed by atoms with Crippen molar-refractivity contribution in [3.63, 3.8) is 0 Å². The van der Waals surface area contributed by atoms with Crippen molar-refractivity contribution in [2.24, 2.45) is 0 Å². The Balaban J connectivity index is 2.17. The molecule has 1 amide bonds. The van der Waals surface area contributed by atoms with Crippen molar-refractivity contribution in [2.45, 2.75) is 36.0 Å². The number of amides is 1. The molecule has 0 aromatic heterocycles. The number of sulfonamides is 1. The second kappa shape index (κ2) is 8.60. The minimum atomic E-state index is -3.68. The molecule has 0 saturated carbocycles. The molecule has 2 aromatic rings. The standard InChI is InChI=1S/C19H24N2O3S2/c1-5-14(2)15-9-11-18(12-10-15)26(23,24)20-16-7-6-8-17(13-16)25-19(22)21(3)4/h6-14,20H,5H2,1-4H3. The van der Waals surface area contributed by atoms with E-state index in [1.54, 1.807) is 50.5 Å². The summed E-state index contributed by atoms with van der Waals surface area (Å²) in [4.78, 5) is 14.2. The van der Waals surface area contributed by atoms with Crippen LogP contribution in [0.3, 0.4) is 0 Å². The van der Waals surface area contributed by atoms with Gasteiger partial charge >= 0.3 is 0 Å². The van der Waals surface area contributed by atoms with Crippen molar-refractivity contribution in [2.75, 3.05) is 18.8 Å². The zero-order chi connectivity index (χ0) is 19.3. The average molecular weight is 393 g/mol. The number of benzene rings is 2. The molecular weight excluding hydrogens is 368 g/mol. The molecule has 0 heterocycles. The van der Waals surface area contributed by atoms with Gasteiger partial charge in [0.2, 0.25) is 0 Å². The lowest BCUT2D eigenvalue weighted by molar-refractivity contribution is 0.241. The zero-order valence-electron chi connectivity index (χ0n) is 15.4. The molecule has 140 valence electrons. The second-order valence-corrected chi connectivity index (χ2v) is 8.98. The Morgan fingerprint density at radius 1 is 1.15 bits per heavy atom. The molecule has 2 aromatic carbocycles. The maximum atomic E-state index is 12.6. The number of carbonyl (C=O) groups excluding carboxylic acids is 1. The van der Waals surface area contributed by atoms with Gasteiger partial charge in [-0.15, -0.1) is 0 Å². The van der Waals surface area contributed by atoms with E-state index in [0.29, 0.717) is 16.5 Å². The molecular formula is C19H24N2O3S2. The molecule has 7 heteroatoms. The summed E-state index contributed by atoms with van der Waals surface area (Å²) in [6.45, 7) is 4.21. The molecule has 2 rings (SSSR count). The Hall–Kier alpha value is -1.99. The molecule has 1 atom stereocenters. The van der Waals surface area contributed by atoms with E-state index in [4.69, 9.17) is 0 Å². The fourth-order valence-corrected chi connectivity index (χ4v) is 4.01. The van der Waals surface area contributed by atoms with Crippen LogP contribution < -0.4 is 4.72 Å². The highest BCUT2D eigenvalue weighted by Gasteiger charge is 2.15. The summed E-state index contributed by atoms with van der Waals surface area (Å²) < 4.78 is 27.8. The molecule has 5 nitrogen and oxygen atoms in total. The minimum absolute atomic E-state index is 0.120. The molecule has 0 fully saturated rings. The Bertz CT molecular complexity index is 863. The molecule has 1 N–H and O–H groups in total. The van der Waals surface area contributed by atoms with Gasteiger partial charge in [-0.3, -0.25) is 9.52 Å². The number of carbonyl (C=O) groups is 1. The van der Waals surface area contributed by atoms with Gasteiger partial charge in [0.1, 0.15) is 0 Å². The quantitative estimate of drug-likeness (QED) is 0.719. The predicted molar refractivity (Wildman–Crippen MR) is 107 cm³/mol. The van der Waals surface area contributed by atoms with Crippen LogP contribution in [0.25, 0.3) is 0 Å². The molecule has 0 spiro atoms. The Kier molecular flexibility index (Phi) is 6.72. The van der Waals surface area contributed by atoms with Crippen molar-refractivity contribution in [1.82, 2.24) is 4.90 Å². The van der Waals surface area contributed by atoms with E-state index in [2.05, 4.69) is 18.6 Å². The number of nitrogens with zero attached hydrogens (tertiary/aromatic N) is 1. The van der Waals surface area contributed by atoms with Gasteiger partial charge in [0.25, 0.3) is 15.3 Å². The maximum absolute atomic E-state index is 12.6. The molecule has 0 aliphatic rings. The third-order valence-electron chi connectivity index (χ3n) is 4.03. The molecule has 1 unspecified atom stereocenters. The van der Waals surface area contributed by atoms with Crippen LogP contribution in [0.15, 0.2) is 58.3 Å². The summed E-state index contributed by atoms with van der Waals surface area (Å²) >= 11 is 1.05. The molecule has 0 bridgehead atoms. The van der Waals surface area contributed by atoms with E-state index in [1.165, 1.54) is 4.90 Å². The fraction of sp³-hybridized carbons (Fsp3) is 0.316. The van der Waals surface area contributed by atoms with Gasteiger partial charge in [0, 0.05) is 24.7 Å². The van der Waals surface area contributed by atoms with Crippen molar-refractivity contribution in [3.8, 4) is 0 Å². The summed E-state index contributed by atoms with van der Waals surface area (Å²) in [6.07, 6.45) is 1.00. The third kappa shape index (κ3) is 5.25. The number of hydrogen-bond acceptors (Lipinski definition) is 4. The Morgan fingerprint density at radius 3 is 2.38 bits per heavy atom. The lowest BCUT2D eigenvalue weighted by atomic mass is 9.99. The average Bonchev–Trinajstić information content (AvgIpc) is 2.61. The molecule has 0 aliphatic carbocycles. The van der Waals surface area contributed by atoms with E-state index in [1.807, 2.05) is 12.1 Å². The molecule has 26 heavy (non-hydrogen) atoms. The molecule has 0 radical (unpaired) electrons. The second-order valence-electron chi connectivity index (χ2n) is 6.27. The van der Waals surface area contributed by atoms with Crippen LogP contribution in [-0.2, 0) is 10.0 Å². The van der Waals surface area contributed by atoms with Gasteiger partial charge in [-0.1, -0.05) is 32.0 Å². The van der Waals surface area contributed by atoms with Crippen LogP contribution in [0.4, 0.5) is 10.5 Å². The first kappa shape index (κ1) is 20.3. The number of hydrogen-bond donors (Lipinski definition) is 1. The number of rotatable bonds is 6. The van der Waals surface area contributed by atoms with Crippen molar-refractivity contribution < 1.29 is 13.2 Å². The van der Waals surface area contributed by atoms with Crippen LogP contribution >= 0.6 is 11.8 Å². The Labute approximate surface area is 159 Å².